The number of morpholine rings is 1. The third kappa shape index (κ3) is 4.54. The molecule has 2 bridgehead atoms. The maximum atomic E-state index is 16.0. The average Bonchev–Trinajstić information content (AvgIpc) is 3.48. The molecule has 5 aliphatic rings. The van der Waals surface area contributed by atoms with Crippen molar-refractivity contribution in [1.82, 2.24) is 4.90 Å². The minimum Gasteiger partial charge on any atom is -0.494 e. The largest absolute Gasteiger partial charge is 0.494 e. The fourth-order valence-electron chi connectivity index (χ4n) is 9.85. The van der Waals surface area contributed by atoms with E-state index in [2.05, 4.69) is 17.9 Å². The van der Waals surface area contributed by atoms with Crippen LogP contribution in [0.2, 0.25) is 0 Å². The Balaban J connectivity index is 1.27. The zero-order valence-corrected chi connectivity index (χ0v) is 28.2. The second-order valence-electron chi connectivity index (χ2n) is 14.8. The Morgan fingerprint density at radius 3 is 2.48 bits per heavy atom. The van der Waals surface area contributed by atoms with Gasteiger partial charge >= 0.3 is 0 Å². The van der Waals surface area contributed by atoms with Crippen LogP contribution in [0.3, 0.4) is 0 Å². The highest BCUT2D eigenvalue weighted by molar-refractivity contribution is 6.07. The Bertz CT molecular complexity index is 1590. The maximum Gasteiger partial charge on any atom is 0.197 e. The number of halogens is 1. The Hall–Kier alpha value is -3.33. The first-order valence-corrected chi connectivity index (χ1v) is 17.1. The molecule has 46 heavy (non-hydrogen) atoms. The fourth-order valence-corrected chi connectivity index (χ4v) is 9.85. The minimum atomic E-state index is -0.820. The van der Waals surface area contributed by atoms with Gasteiger partial charge in [-0.1, -0.05) is 6.92 Å². The molecule has 7 rings (SSSR count). The van der Waals surface area contributed by atoms with Crippen LogP contribution < -0.4 is 19.1 Å². The minimum absolute atomic E-state index is 0.0143. The molecular formula is C37H48FN3O5. The molecule has 2 aliphatic heterocycles. The molecule has 3 aliphatic carbocycles. The molecule has 0 amide bonds. The van der Waals surface area contributed by atoms with Crippen LogP contribution in [0.4, 0.5) is 10.1 Å². The smallest absolute Gasteiger partial charge is 0.197 e. The maximum absolute atomic E-state index is 16.0. The molecule has 2 heterocycles. The van der Waals surface area contributed by atoms with Crippen molar-refractivity contribution in [1.29, 1.82) is 5.41 Å². The SMILES string of the molecule is CCOc1cc2c(c(F)c1OCC)C(=N)N(CC(=O)c1cc(N3CCOCC3)c(OC)c(C34CC5CC(C)CC3(C5)C4)c1)C2(C)C. The summed E-state index contributed by atoms with van der Waals surface area (Å²) in [4.78, 5) is 18.4. The van der Waals surface area contributed by atoms with E-state index in [9.17, 15) is 4.79 Å². The van der Waals surface area contributed by atoms with Gasteiger partial charge in [0.2, 0.25) is 0 Å². The number of rotatable bonds is 10. The van der Waals surface area contributed by atoms with Gasteiger partial charge in [-0.25, -0.2) is 4.39 Å². The number of amidine groups is 1. The van der Waals surface area contributed by atoms with Crippen molar-refractivity contribution in [3.8, 4) is 17.2 Å². The van der Waals surface area contributed by atoms with Gasteiger partial charge in [0.05, 0.1) is 56.9 Å². The Morgan fingerprint density at radius 1 is 1.04 bits per heavy atom. The van der Waals surface area contributed by atoms with Crippen LogP contribution in [0.15, 0.2) is 18.2 Å². The topological polar surface area (TPSA) is 84.3 Å². The number of ether oxygens (including phenoxy) is 4. The summed E-state index contributed by atoms with van der Waals surface area (Å²) in [7, 11) is 1.76. The lowest BCUT2D eigenvalue weighted by atomic mass is 9.77. The molecule has 8 nitrogen and oxygen atoms in total. The van der Waals surface area contributed by atoms with E-state index in [0.717, 1.165) is 49.2 Å². The van der Waals surface area contributed by atoms with Crippen molar-refractivity contribution in [2.45, 2.75) is 77.7 Å². The second-order valence-corrected chi connectivity index (χ2v) is 14.8. The standard InChI is InChI=1S/C37H48FN3O5/c1-7-45-29-16-25-30(31(38)33(29)46-8-2)34(39)41(35(25,4)5)20-28(42)24-14-26(32(43-6)27(15-24)40-9-11-44-12-10-40)37-19-23-13-22(3)17-36(37,18-23)21-37/h14-16,22-23,39H,7-13,17-21H2,1-6H3. The molecular weight excluding hydrogens is 585 g/mol. The Kier molecular flexibility index (Phi) is 7.57. The van der Waals surface area contributed by atoms with E-state index >= 15 is 4.39 Å². The van der Waals surface area contributed by atoms with E-state index in [-0.39, 0.29) is 41.5 Å². The summed E-state index contributed by atoms with van der Waals surface area (Å²) in [5.41, 5.74) is 3.03. The average molecular weight is 634 g/mol. The summed E-state index contributed by atoms with van der Waals surface area (Å²) < 4.78 is 39.4. The third-order valence-electron chi connectivity index (χ3n) is 11.7. The van der Waals surface area contributed by atoms with Crippen molar-refractivity contribution in [2.24, 2.45) is 17.3 Å². The molecule has 9 heteroatoms. The van der Waals surface area contributed by atoms with Gasteiger partial charge in [0, 0.05) is 29.6 Å². The molecule has 1 saturated heterocycles. The first-order valence-electron chi connectivity index (χ1n) is 17.1. The summed E-state index contributed by atoms with van der Waals surface area (Å²) in [6.45, 7) is 13.2. The summed E-state index contributed by atoms with van der Waals surface area (Å²) >= 11 is 0. The number of Topliss-reactive ketones (excluding diaryl/α,β-unsaturated/α-hetero) is 1. The van der Waals surface area contributed by atoms with Crippen LogP contribution in [0.5, 0.6) is 17.2 Å². The van der Waals surface area contributed by atoms with E-state index < -0.39 is 11.4 Å². The quantitative estimate of drug-likeness (QED) is 0.292. The van der Waals surface area contributed by atoms with Gasteiger partial charge in [-0.3, -0.25) is 10.2 Å². The Morgan fingerprint density at radius 2 is 1.78 bits per heavy atom. The van der Waals surface area contributed by atoms with Gasteiger partial charge in [0.1, 0.15) is 11.6 Å². The summed E-state index contributed by atoms with van der Waals surface area (Å²) in [6, 6.07) is 5.86. The van der Waals surface area contributed by atoms with Gasteiger partial charge in [0.15, 0.2) is 23.1 Å². The molecule has 0 radical (unpaired) electrons. The number of carbonyl (C=O) groups excluding carboxylic acids is 1. The number of benzene rings is 2. The number of methoxy groups -OCH3 is 1. The van der Waals surface area contributed by atoms with Gasteiger partial charge < -0.3 is 28.7 Å². The number of anilines is 1. The number of carbonyl (C=O) groups is 1. The Labute approximate surface area is 272 Å². The summed E-state index contributed by atoms with van der Waals surface area (Å²) in [6.07, 6.45) is 6.08. The highest BCUT2D eigenvalue weighted by atomic mass is 19.1. The van der Waals surface area contributed by atoms with Crippen molar-refractivity contribution >= 4 is 17.3 Å². The van der Waals surface area contributed by atoms with Crippen molar-refractivity contribution in [2.75, 3.05) is 58.1 Å². The number of nitrogens with one attached hydrogen (secondary N) is 1. The lowest BCUT2D eigenvalue weighted by Gasteiger charge is -2.34. The molecule has 4 unspecified atom stereocenters. The molecule has 248 valence electrons. The number of hydrogen-bond donors (Lipinski definition) is 1. The summed E-state index contributed by atoms with van der Waals surface area (Å²) in [5, 5.41) is 9.12. The van der Waals surface area contributed by atoms with Gasteiger partial charge in [-0.05, 0) is 101 Å². The summed E-state index contributed by atoms with van der Waals surface area (Å²) in [5.74, 6) is 1.93. The molecule has 1 spiro atoms. The first-order chi connectivity index (χ1) is 22.0. The highest BCUT2D eigenvalue weighted by Crippen LogP contribution is 2.81. The number of nitrogens with zero attached hydrogens (tertiary/aromatic N) is 2. The molecule has 1 N–H and O–H groups in total. The van der Waals surface area contributed by atoms with Crippen molar-refractivity contribution in [3.63, 3.8) is 0 Å². The number of fused-ring (bicyclic) bond motifs is 2. The van der Waals surface area contributed by atoms with Crippen LogP contribution in [0.25, 0.3) is 0 Å². The van der Waals surface area contributed by atoms with E-state index in [0.29, 0.717) is 42.1 Å². The van der Waals surface area contributed by atoms with Crippen LogP contribution in [0.1, 0.15) is 93.8 Å². The lowest BCUT2D eigenvalue weighted by Crippen LogP contribution is -2.42. The van der Waals surface area contributed by atoms with E-state index in [1.807, 2.05) is 26.8 Å². The van der Waals surface area contributed by atoms with Gasteiger partial charge in [-0.15, -0.1) is 0 Å². The molecule has 4 fully saturated rings. The number of hydrogen-bond acceptors (Lipinski definition) is 7. The van der Waals surface area contributed by atoms with E-state index in [1.165, 1.54) is 24.8 Å². The van der Waals surface area contributed by atoms with Crippen LogP contribution in [-0.4, -0.2) is 69.7 Å². The van der Waals surface area contributed by atoms with E-state index in [1.54, 1.807) is 25.0 Å². The molecule has 2 aromatic rings. The zero-order chi connectivity index (χ0) is 32.6. The molecule has 4 atom stereocenters. The molecule has 3 saturated carbocycles. The normalized spacial score (nSPS) is 29.0. The lowest BCUT2D eigenvalue weighted by molar-refractivity contribution is 0.0920. The monoisotopic (exact) mass is 633 g/mol. The first kappa shape index (κ1) is 31.3. The third-order valence-corrected chi connectivity index (χ3v) is 11.7. The molecule has 0 aromatic heterocycles. The predicted molar refractivity (Wildman–Crippen MR) is 176 cm³/mol. The van der Waals surface area contributed by atoms with Crippen LogP contribution in [-0.2, 0) is 15.7 Å². The van der Waals surface area contributed by atoms with Crippen molar-refractivity contribution in [3.05, 3.63) is 46.3 Å². The highest BCUT2D eigenvalue weighted by Gasteiger charge is 2.74. The predicted octanol–water partition coefficient (Wildman–Crippen LogP) is 6.70. The van der Waals surface area contributed by atoms with E-state index in [4.69, 9.17) is 24.4 Å². The van der Waals surface area contributed by atoms with Gasteiger partial charge in [0.25, 0.3) is 0 Å². The van der Waals surface area contributed by atoms with Gasteiger partial charge in [-0.2, -0.15) is 0 Å². The van der Waals surface area contributed by atoms with Crippen molar-refractivity contribution < 1.29 is 28.1 Å². The molecule has 2 aromatic carbocycles. The fraction of sp³-hybridized carbons (Fsp3) is 0.622. The van der Waals surface area contributed by atoms with Crippen LogP contribution >= 0.6 is 0 Å². The second kappa shape index (κ2) is 11.1. The number of ketones is 1. The van der Waals surface area contributed by atoms with Crippen LogP contribution in [0, 0.1) is 28.5 Å². The zero-order valence-electron chi connectivity index (χ0n) is 28.2.